The van der Waals surface area contributed by atoms with E-state index >= 15 is 0 Å². The largest absolute Gasteiger partial charge is 0.468 e. The lowest BCUT2D eigenvalue weighted by Crippen LogP contribution is -2.44. The summed E-state index contributed by atoms with van der Waals surface area (Å²) in [7, 11) is 1.38. The number of unbranched alkanes of at least 4 members (excludes halogenated alkanes) is 1. The topological polar surface area (TPSA) is 72.5 Å². The van der Waals surface area contributed by atoms with Crippen molar-refractivity contribution in [2.75, 3.05) is 20.3 Å². The van der Waals surface area contributed by atoms with Crippen molar-refractivity contribution in [3.63, 3.8) is 0 Å². The number of hydrogen-bond donors (Lipinski definition) is 2. The number of aryl methyl sites for hydroxylation is 1. The molecule has 0 saturated carbocycles. The molecule has 1 atom stereocenters. The first kappa shape index (κ1) is 15.7. The quantitative estimate of drug-likeness (QED) is 0.579. The highest BCUT2D eigenvalue weighted by atomic mass is 16.5. The molecule has 0 saturated heterocycles. The zero-order chi connectivity index (χ0) is 14.3. The van der Waals surface area contributed by atoms with Crippen molar-refractivity contribution in [1.29, 1.82) is 0 Å². The maximum Gasteiger partial charge on any atom is 0.317 e. The number of rotatable bonds is 7. The predicted octanol–water partition coefficient (Wildman–Crippen LogP) is 1.53. The highest BCUT2D eigenvalue weighted by Gasteiger charge is 2.39. The van der Waals surface area contributed by atoms with Crippen LogP contribution in [0.2, 0.25) is 0 Å². The van der Waals surface area contributed by atoms with Crippen LogP contribution < -0.4 is 5.73 Å². The minimum atomic E-state index is -0.808. The molecule has 4 nitrogen and oxygen atoms in total. The Morgan fingerprint density at radius 1 is 1.32 bits per heavy atom. The van der Waals surface area contributed by atoms with E-state index in [1.165, 1.54) is 7.11 Å². The van der Waals surface area contributed by atoms with Crippen molar-refractivity contribution >= 4 is 5.97 Å². The first-order valence-corrected chi connectivity index (χ1v) is 6.57. The van der Waals surface area contributed by atoms with Crippen molar-refractivity contribution in [3.8, 4) is 0 Å². The Hall–Kier alpha value is -1.39. The molecule has 0 aliphatic carbocycles. The Morgan fingerprint density at radius 3 is 2.42 bits per heavy atom. The van der Waals surface area contributed by atoms with Crippen molar-refractivity contribution in [1.82, 2.24) is 0 Å². The number of methoxy groups -OCH3 is 1. The lowest BCUT2D eigenvalue weighted by atomic mass is 9.76. The van der Waals surface area contributed by atoms with Crippen molar-refractivity contribution < 1.29 is 14.6 Å². The van der Waals surface area contributed by atoms with Gasteiger partial charge in [-0.05, 0) is 31.7 Å². The zero-order valence-electron chi connectivity index (χ0n) is 11.7. The van der Waals surface area contributed by atoms with E-state index in [1.54, 1.807) is 0 Å². The second-order valence-corrected chi connectivity index (χ2v) is 4.82. The van der Waals surface area contributed by atoms with Crippen LogP contribution >= 0.6 is 0 Å². The smallest absolute Gasteiger partial charge is 0.317 e. The molecule has 1 unspecified atom stereocenters. The molecular formula is C15H23NO3. The molecule has 19 heavy (non-hydrogen) atoms. The van der Waals surface area contributed by atoms with Crippen LogP contribution in [-0.2, 0) is 14.9 Å². The third kappa shape index (κ3) is 3.55. The maximum atomic E-state index is 12.2. The first-order chi connectivity index (χ1) is 9.10. The number of carbonyl (C=O) groups is 1. The molecule has 0 heterocycles. The average Bonchev–Trinajstić information content (AvgIpc) is 2.44. The number of aliphatic hydroxyl groups excluding tert-OH is 1. The van der Waals surface area contributed by atoms with E-state index in [0.29, 0.717) is 12.8 Å². The van der Waals surface area contributed by atoms with Gasteiger partial charge in [0, 0.05) is 13.2 Å². The summed E-state index contributed by atoms with van der Waals surface area (Å²) < 4.78 is 4.94. The average molecular weight is 265 g/mol. The maximum absolute atomic E-state index is 12.2. The van der Waals surface area contributed by atoms with E-state index in [0.717, 1.165) is 17.5 Å². The third-order valence-corrected chi connectivity index (χ3v) is 3.54. The molecule has 0 spiro atoms. The van der Waals surface area contributed by atoms with Crippen LogP contribution in [0.1, 0.15) is 30.4 Å². The fraction of sp³-hybridized carbons (Fsp3) is 0.533. The Balaban J connectivity index is 3.08. The molecular weight excluding hydrogens is 242 g/mol. The second kappa shape index (κ2) is 7.26. The van der Waals surface area contributed by atoms with Gasteiger partial charge in [-0.15, -0.1) is 0 Å². The van der Waals surface area contributed by atoms with Crippen molar-refractivity contribution in [2.45, 2.75) is 31.6 Å². The van der Waals surface area contributed by atoms with Gasteiger partial charge in [-0.3, -0.25) is 4.79 Å². The number of aliphatic hydroxyl groups is 1. The van der Waals surface area contributed by atoms with Gasteiger partial charge in [-0.25, -0.2) is 0 Å². The summed E-state index contributed by atoms with van der Waals surface area (Å²) in [6.07, 6.45) is 1.97. The fourth-order valence-electron chi connectivity index (χ4n) is 2.27. The van der Waals surface area contributed by atoms with E-state index in [2.05, 4.69) is 0 Å². The molecule has 0 aromatic heterocycles. The molecule has 0 radical (unpaired) electrons. The molecule has 3 N–H and O–H groups in total. The van der Waals surface area contributed by atoms with Crippen LogP contribution in [-0.4, -0.2) is 31.3 Å². The van der Waals surface area contributed by atoms with Gasteiger partial charge in [0.2, 0.25) is 0 Å². The SMILES string of the molecule is COC(=O)C(CN)(CCCCO)c1ccc(C)cc1. The third-order valence-electron chi connectivity index (χ3n) is 3.54. The summed E-state index contributed by atoms with van der Waals surface area (Å²) >= 11 is 0. The number of ether oxygens (including phenoxy) is 1. The summed E-state index contributed by atoms with van der Waals surface area (Å²) in [5.74, 6) is -0.309. The van der Waals surface area contributed by atoms with Crippen LogP contribution in [0.3, 0.4) is 0 Å². The van der Waals surface area contributed by atoms with Gasteiger partial charge in [0.05, 0.1) is 7.11 Å². The molecule has 1 aromatic rings. The monoisotopic (exact) mass is 265 g/mol. The zero-order valence-corrected chi connectivity index (χ0v) is 11.7. The van der Waals surface area contributed by atoms with Gasteiger partial charge in [0.1, 0.15) is 5.41 Å². The highest BCUT2D eigenvalue weighted by molar-refractivity contribution is 5.83. The lowest BCUT2D eigenvalue weighted by Gasteiger charge is -2.30. The minimum Gasteiger partial charge on any atom is -0.468 e. The van der Waals surface area contributed by atoms with Gasteiger partial charge in [0.15, 0.2) is 0 Å². The molecule has 106 valence electrons. The number of esters is 1. The first-order valence-electron chi connectivity index (χ1n) is 6.57. The van der Waals surface area contributed by atoms with E-state index in [4.69, 9.17) is 15.6 Å². The molecule has 1 aromatic carbocycles. The summed E-state index contributed by atoms with van der Waals surface area (Å²) in [6.45, 7) is 2.32. The summed E-state index contributed by atoms with van der Waals surface area (Å²) in [6, 6.07) is 7.79. The van der Waals surface area contributed by atoms with Gasteiger partial charge >= 0.3 is 5.97 Å². The molecule has 0 aliphatic heterocycles. The van der Waals surface area contributed by atoms with Gasteiger partial charge in [0.25, 0.3) is 0 Å². The normalized spacial score (nSPS) is 13.9. The van der Waals surface area contributed by atoms with Crippen molar-refractivity contribution in [3.05, 3.63) is 35.4 Å². The molecule has 4 heteroatoms. The Labute approximate surface area is 114 Å². The van der Waals surface area contributed by atoms with E-state index in [1.807, 2.05) is 31.2 Å². The number of carbonyl (C=O) groups excluding carboxylic acids is 1. The summed E-state index contributed by atoms with van der Waals surface area (Å²) in [4.78, 5) is 12.2. The van der Waals surface area contributed by atoms with E-state index in [9.17, 15) is 4.79 Å². The van der Waals surface area contributed by atoms with Crippen LogP contribution in [0.4, 0.5) is 0 Å². The Kier molecular flexibility index (Phi) is 5.99. The standard InChI is InChI=1S/C15H23NO3/c1-12-5-7-13(8-6-12)15(11-16,14(18)19-2)9-3-4-10-17/h5-8,17H,3-4,9-11,16H2,1-2H3. The number of nitrogens with two attached hydrogens (primary N) is 1. The summed E-state index contributed by atoms with van der Waals surface area (Å²) in [5.41, 5.74) is 7.08. The predicted molar refractivity (Wildman–Crippen MR) is 74.9 cm³/mol. The number of hydrogen-bond acceptors (Lipinski definition) is 4. The van der Waals surface area contributed by atoms with Gasteiger partial charge < -0.3 is 15.6 Å². The van der Waals surface area contributed by atoms with E-state index in [-0.39, 0.29) is 19.1 Å². The van der Waals surface area contributed by atoms with Crippen molar-refractivity contribution in [2.24, 2.45) is 5.73 Å². The lowest BCUT2D eigenvalue weighted by molar-refractivity contribution is -0.147. The molecule has 0 aliphatic rings. The number of benzene rings is 1. The van der Waals surface area contributed by atoms with Crippen LogP contribution in [0.15, 0.2) is 24.3 Å². The Morgan fingerprint density at radius 2 is 1.95 bits per heavy atom. The minimum absolute atomic E-state index is 0.121. The highest BCUT2D eigenvalue weighted by Crippen LogP contribution is 2.31. The summed E-state index contributed by atoms with van der Waals surface area (Å²) in [5, 5.41) is 8.89. The fourth-order valence-corrected chi connectivity index (χ4v) is 2.27. The van der Waals surface area contributed by atoms with Crippen LogP contribution in [0.25, 0.3) is 0 Å². The van der Waals surface area contributed by atoms with Gasteiger partial charge in [-0.1, -0.05) is 29.8 Å². The van der Waals surface area contributed by atoms with Crippen LogP contribution in [0, 0.1) is 6.92 Å². The molecule has 0 amide bonds. The molecule has 1 rings (SSSR count). The Bertz CT molecular complexity index is 402. The van der Waals surface area contributed by atoms with Gasteiger partial charge in [-0.2, -0.15) is 0 Å². The van der Waals surface area contributed by atoms with E-state index < -0.39 is 5.41 Å². The molecule has 0 fully saturated rings. The molecule has 0 bridgehead atoms. The second-order valence-electron chi connectivity index (χ2n) is 4.82. The van der Waals surface area contributed by atoms with Crippen LogP contribution in [0.5, 0.6) is 0 Å².